The summed E-state index contributed by atoms with van der Waals surface area (Å²) < 4.78 is 0. The lowest BCUT2D eigenvalue weighted by atomic mass is 9.97. The summed E-state index contributed by atoms with van der Waals surface area (Å²) in [5.41, 5.74) is 7.27. The minimum absolute atomic E-state index is 0.0390. The molecule has 1 saturated heterocycles. The Kier molecular flexibility index (Phi) is 2.72. The summed E-state index contributed by atoms with van der Waals surface area (Å²) in [4.78, 5) is 9.34. The van der Waals surface area contributed by atoms with Crippen molar-refractivity contribution >= 4 is 23.2 Å². The predicted octanol–water partition coefficient (Wildman–Crippen LogP) is 2.08. The Labute approximate surface area is 124 Å². The van der Waals surface area contributed by atoms with Crippen LogP contribution in [0.2, 0.25) is 5.02 Å². The minimum atomic E-state index is 0.0390. The van der Waals surface area contributed by atoms with Gasteiger partial charge in [-0.25, -0.2) is 0 Å². The van der Waals surface area contributed by atoms with Gasteiger partial charge in [-0.15, -0.1) is 0 Å². The monoisotopic (exact) mass is 290 g/mol. The van der Waals surface area contributed by atoms with Crippen molar-refractivity contribution in [3.63, 3.8) is 0 Å². The van der Waals surface area contributed by atoms with Crippen LogP contribution in [0.1, 0.15) is 19.3 Å². The molecule has 1 saturated carbocycles. The standard InChI is InChI=1S/C15H19ClN4/c16-11-2-1-3-13(8-11)20-14(17)18-9-15(20)6-7-19(10-15)12-4-5-12/h1-3,8,12H,4-7,9-10H2,(H2,17,18). The zero-order chi connectivity index (χ0) is 13.7. The molecule has 4 nitrogen and oxygen atoms in total. The first kappa shape index (κ1) is 12.5. The third kappa shape index (κ3) is 1.90. The van der Waals surface area contributed by atoms with Crippen LogP contribution < -0.4 is 10.6 Å². The molecular weight excluding hydrogens is 272 g/mol. The van der Waals surface area contributed by atoms with Crippen molar-refractivity contribution in [1.82, 2.24) is 4.90 Å². The van der Waals surface area contributed by atoms with Gasteiger partial charge in [-0.2, -0.15) is 0 Å². The molecule has 0 bridgehead atoms. The van der Waals surface area contributed by atoms with Gasteiger partial charge in [0.2, 0.25) is 0 Å². The highest BCUT2D eigenvalue weighted by Crippen LogP contribution is 2.40. The topological polar surface area (TPSA) is 44.9 Å². The van der Waals surface area contributed by atoms with E-state index in [4.69, 9.17) is 17.3 Å². The zero-order valence-corrected chi connectivity index (χ0v) is 12.2. The van der Waals surface area contributed by atoms with E-state index in [1.165, 1.54) is 12.8 Å². The summed E-state index contributed by atoms with van der Waals surface area (Å²) in [5.74, 6) is 0.630. The Morgan fingerprint density at radius 3 is 2.95 bits per heavy atom. The normalized spacial score (nSPS) is 30.2. The van der Waals surface area contributed by atoms with Crippen molar-refractivity contribution in [3.05, 3.63) is 29.3 Å². The lowest BCUT2D eigenvalue weighted by Gasteiger charge is -2.36. The van der Waals surface area contributed by atoms with E-state index in [2.05, 4.69) is 20.9 Å². The third-order valence-corrected chi connectivity index (χ3v) is 4.97. The van der Waals surface area contributed by atoms with Gasteiger partial charge in [0.15, 0.2) is 5.96 Å². The van der Waals surface area contributed by atoms with Crippen LogP contribution in [-0.2, 0) is 0 Å². The van der Waals surface area contributed by atoms with E-state index in [1.54, 1.807) is 0 Å². The summed E-state index contributed by atoms with van der Waals surface area (Å²) in [5, 5.41) is 0.745. The fourth-order valence-corrected chi connectivity index (χ4v) is 3.77. The second kappa shape index (κ2) is 4.37. The van der Waals surface area contributed by atoms with Gasteiger partial charge in [0, 0.05) is 29.8 Å². The van der Waals surface area contributed by atoms with E-state index in [0.29, 0.717) is 5.96 Å². The van der Waals surface area contributed by atoms with Crippen LogP contribution in [0.5, 0.6) is 0 Å². The summed E-state index contributed by atoms with van der Waals surface area (Å²) in [6.07, 6.45) is 3.83. The number of nitrogens with zero attached hydrogens (tertiary/aromatic N) is 3. The number of rotatable bonds is 2. The highest BCUT2D eigenvalue weighted by atomic mass is 35.5. The lowest BCUT2D eigenvalue weighted by Crippen LogP contribution is -2.53. The van der Waals surface area contributed by atoms with Crippen LogP contribution in [0.4, 0.5) is 5.69 Å². The van der Waals surface area contributed by atoms with Crippen LogP contribution in [0.3, 0.4) is 0 Å². The van der Waals surface area contributed by atoms with Crippen molar-refractivity contribution in [2.45, 2.75) is 30.8 Å². The van der Waals surface area contributed by atoms with E-state index in [1.807, 2.05) is 18.2 Å². The first-order valence-electron chi connectivity index (χ1n) is 7.28. The Bertz CT molecular complexity index is 569. The average Bonchev–Trinajstić information content (AvgIpc) is 3.12. The molecule has 2 heterocycles. The molecule has 1 aromatic carbocycles. The maximum atomic E-state index is 6.17. The predicted molar refractivity (Wildman–Crippen MR) is 82.4 cm³/mol. The number of guanidine groups is 1. The molecule has 3 aliphatic rings. The van der Waals surface area contributed by atoms with Crippen LogP contribution in [0.25, 0.3) is 0 Å². The largest absolute Gasteiger partial charge is 0.369 e. The molecule has 1 atom stereocenters. The fourth-order valence-electron chi connectivity index (χ4n) is 3.58. The van der Waals surface area contributed by atoms with Crippen molar-refractivity contribution in [3.8, 4) is 0 Å². The van der Waals surface area contributed by atoms with E-state index >= 15 is 0 Å². The van der Waals surface area contributed by atoms with E-state index in [9.17, 15) is 0 Å². The molecular formula is C15H19ClN4. The molecule has 20 heavy (non-hydrogen) atoms. The van der Waals surface area contributed by atoms with Gasteiger partial charge >= 0.3 is 0 Å². The van der Waals surface area contributed by atoms with Gasteiger partial charge in [0.05, 0.1) is 12.1 Å². The molecule has 0 aromatic heterocycles. The second-order valence-electron chi connectivity index (χ2n) is 6.17. The molecule has 5 heteroatoms. The van der Waals surface area contributed by atoms with Crippen molar-refractivity contribution in [2.75, 3.05) is 24.5 Å². The minimum Gasteiger partial charge on any atom is -0.369 e. The number of nitrogens with two attached hydrogens (primary N) is 1. The van der Waals surface area contributed by atoms with Crippen molar-refractivity contribution < 1.29 is 0 Å². The molecule has 0 amide bonds. The smallest absolute Gasteiger partial charge is 0.196 e. The number of benzene rings is 1. The third-order valence-electron chi connectivity index (χ3n) is 4.73. The van der Waals surface area contributed by atoms with E-state index in [0.717, 1.165) is 42.8 Å². The number of hydrogen-bond acceptors (Lipinski definition) is 4. The lowest BCUT2D eigenvalue weighted by molar-refractivity contribution is 0.306. The molecule has 1 unspecified atom stereocenters. The Morgan fingerprint density at radius 2 is 2.20 bits per heavy atom. The van der Waals surface area contributed by atoms with Crippen LogP contribution in [-0.4, -0.2) is 42.1 Å². The Balaban J connectivity index is 1.66. The molecule has 1 spiro atoms. The number of hydrogen-bond donors (Lipinski definition) is 1. The summed E-state index contributed by atoms with van der Waals surface area (Å²) in [7, 11) is 0. The summed E-state index contributed by atoms with van der Waals surface area (Å²) in [6.45, 7) is 3.02. The van der Waals surface area contributed by atoms with Gasteiger partial charge in [-0.1, -0.05) is 17.7 Å². The maximum Gasteiger partial charge on any atom is 0.196 e. The van der Waals surface area contributed by atoms with Crippen LogP contribution in [0.15, 0.2) is 29.3 Å². The maximum absolute atomic E-state index is 6.17. The SMILES string of the molecule is NC1=NCC2(CCN(C3CC3)C2)N1c1cccc(Cl)c1. The Morgan fingerprint density at radius 1 is 1.35 bits per heavy atom. The molecule has 2 fully saturated rings. The quantitative estimate of drug-likeness (QED) is 0.907. The molecule has 4 rings (SSSR count). The van der Waals surface area contributed by atoms with E-state index in [-0.39, 0.29) is 5.54 Å². The van der Waals surface area contributed by atoms with Crippen LogP contribution in [0, 0.1) is 0 Å². The van der Waals surface area contributed by atoms with Gasteiger partial charge in [-0.3, -0.25) is 9.89 Å². The second-order valence-corrected chi connectivity index (χ2v) is 6.60. The number of anilines is 1. The molecule has 1 aromatic rings. The Hall–Kier alpha value is -1.26. The highest BCUT2D eigenvalue weighted by Gasteiger charge is 2.50. The van der Waals surface area contributed by atoms with Crippen LogP contribution >= 0.6 is 11.6 Å². The average molecular weight is 291 g/mol. The number of aliphatic imine (C=N–C) groups is 1. The molecule has 1 aliphatic carbocycles. The highest BCUT2D eigenvalue weighted by molar-refractivity contribution is 6.31. The molecule has 106 valence electrons. The zero-order valence-electron chi connectivity index (χ0n) is 11.4. The summed E-state index contributed by atoms with van der Waals surface area (Å²) in [6, 6.07) is 8.73. The molecule has 2 aliphatic heterocycles. The molecule has 0 radical (unpaired) electrons. The summed E-state index contributed by atoms with van der Waals surface area (Å²) >= 11 is 6.14. The fraction of sp³-hybridized carbons (Fsp3) is 0.533. The number of halogens is 1. The van der Waals surface area contributed by atoms with E-state index < -0.39 is 0 Å². The first-order valence-corrected chi connectivity index (χ1v) is 7.66. The van der Waals surface area contributed by atoms with Gasteiger partial charge in [0.1, 0.15) is 0 Å². The van der Waals surface area contributed by atoms with Crippen molar-refractivity contribution in [1.29, 1.82) is 0 Å². The first-order chi connectivity index (χ1) is 9.68. The number of likely N-dealkylation sites (tertiary alicyclic amines) is 1. The van der Waals surface area contributed by atoms with Gasteiger partial charge in [-0.05, 0) is 37.5 Å². The van der Waals surface area contributed by atoms with Crippen molar-refractivity contribution in [2.24, 2.45) is 10.7 Å². The van der Waals surface area contributed by atoms with Gasteiger partial charge < -0.3 is 10.6 Å². The molecule has 2 N–H and O–H groups in total. The van der Waals surface area contributed by atoms with Gasteiger partial charge in [0.25, 0.3) is 0 Å².